The summed E-state index contributed by atoms with van der Waals surface area (Å²) < 4.78 is 25.0. The lowest BCUT2D eigenvalue weighted by Crippen LogP contribution is -2.14. The number of hydrogen-bond acceptors (Lipinski definition) is 1. The zero-order valence-electron chi connectivity index (χ0n) is 7.72. The van der Waals surface area contributed by atoms with Crippen molar-refractivity contribution in [1.82, 2.24) is 5.32 Å². The number of alkyl halides is 2. The summed E-state index contributed by atoms with van der Waals surface area (Å²) in [6.45, 7) is 1.86. The first kappa shape index (κ1) is 10.1. The van der Waals surface area contributed by atoms with E-state index < -0.39 is 6.43 Å². The topological polar surface area (TPSA) is 12.0 Å². The molecule has 1 aromatic rings. The quantitative estimate of drug-likeness (QED) is 0.763. The van der Waals surface area contributed by atoms with E-state index in [-0.39, 0.29) is 11.6 Å². The molecule has 0 aliphatic rings. The van der Waals surface area contributed by atoms with Crippen LogP contribution >= 0.6 is 0 Å². The zero-order chi connectivity index (χ0) is 9.84. The van der Waals surface area contributed by atoms with Crippen LogP contribution in [0.4, 0.5) is 8.78 Å². The van der Waals surface area contributed by atoms with E-state index in [9.17, 15) is 8.78 Å². The fraction of sp³-hybridized carbons (Fsp3) is 0.400. The Bertz CT molecular complexity index is 273. The Morgan fingerprint density at radius 1 is 1.15 bits per heavy atom. The molecular weight excluding hydrogens is 172 g/mol. The van der Waals surface area contributed by atoms with Crippen molar-refractivity contribution in [1.29, 1.82) is 0 Å². The molecule has 3 heteroatoms. The third kappa shape index (κ3) is 2.25. The molecule has 0 aliphatic carbocycles. The van der Waals surface area contributed by atoms with Crippen LogP contribution in [0.5, 0.6) is 0 Å². The van der Waals surface area contributed by atoms with Crippen molar-refractivity contribution in [2.45, 2.75) is 19.4 Å². The van der Waals surface area contributed by atoms with Crippen molar-refractivity contribution >= 4 is 0 Å². The van der Waals surface area contributed by atoms with Crippen molar-refractivity contribution in [2.24, 2.45) is 0 Å². The Balaban J connectivity index is 3.04. The van der Waals surface area contributed by atoms with Gasteiger partial charge in [-0.25, -0.2) is 8.78 Å². The summed E-state index contributed by atoms with van der Waals surface area (Å²) in [5, 5.41) is 2.94. The summed E-state index contributed by atoms with van der Waals surface area (Å²) in [7, 11) is 1.76. The van der Waals surface area contributed by atoms with Gasteiger partial charge in [-0.15, -0.1) is 0 Å². The molecule has 1 atom stereocenters. The summed E-state index contributed by atoms with van der Waals surface area (Å²) in [6.07, 6.45) is -2.40. The molecule has 0 spiro atoms. The number of benzene rings is 1. The molecule has 1 nitrogen and oxygen atoms in total. The van der Waals surface area contributed by atoms with Crippen molar-refractivity contribution < 1.29 is 8.78 Å². The van der Waals surface area contributed by atoms with Gasteiger partial charge in [0.15, 0.2) is 0 Å². The highest BCUT2D eigenvalue weighted by Crippen LogP contribution is 2.26. The fourth-order valence-electron chi connectivity index (χ4n) is 1.26. The van der Waals surface area contributed by atoms with Crippen LogP contribution in [0, 0.1) is 0 Å². The van der Waals surface area contributed by atoms with Gasteiger partial charge < -0.3 is 5.32 Å². The van der Waals surface area contributed by atoms with E-state index in [1.807, 2.05) is 6.92 Å². The predicted molar refractivity (Wildman–Crippen MR) is 48.9 cm³/mol. The number of rotatable bonds is 3. The summed E-state index contributed by atoms with van der Waals surface area (Å²) in [4.78, 5) is 0. The molecule has 1 N–H and O–H groups in total. The van der Waals surface area contributed by atoms with Crippen LogP contribution in [0.2, 0.25) is 0 Å². The van der Waals surface area contributed by atoms with E-state index in [0.717, 1.165) is 0 Å². The molecule has 0 heterocycles. The van der Waals surface area contributed by atoms with E-state index in [1.165, 1.54) is 6.07 Å². The Kier molecular flexibility index (Phi) is 3.37. The van der Waals surface area contributed by atoms with E-state index in [1.54, 1.807) is 25.2 Å². The smallest absolute Gasteiger partial charge is 0.264 e. The van der Waals surface area contributed by atoms with Crippen LogP contribution in [-0.2, 0) is 0 Å². The van der Waals surface area contributed by atoms with Crippen molar-refractivity contribution in [3.8, 4) is 0 Å². The molecule has 0 aromatic heterocycles. The molecule has 72 valence electrons. The second kappa shape index (κ2) is 4.33. The largest absolute Gasteiger partial charge is 0.313 e. The number of hydrogen-bond donors (Lipinski definition) is 1. The normalized spacial score (nSPS) is 13.3. The fourth-order valence-corrected chi connectivity index (χ4v) is 1.26. The van der Waals surface area contributed by atoms with Gasteiger partial charge in [-0.3, -0.25) is 0 Å². The van der Waals surface area contributed by atoms with Crippen LogP contribution in [0.3, 0.4) is 0 Å². The molecule has 0 unspecified atom stereocenters. The third-order valence-electron chi connectivity index (χ3n) is 2.13. The predicted octanol–water partition coefficient (Wildman–Crippen LogP) is 2.90. The van der Waals surface area contributed by atoms with E-state index >= 15 is 0 Å². The minimum atomic E-state index is -2.40. The monoisotopic (exact) mass is 185 g/mol. The molecule has 13 heavy (non-hydrogen) atoms. The van der Waals surface area contributed by atoms with Gasteiger partial charge in [0.05, 0.1) is 0 Å². The van der Waals surface area contributed by atoms with Crippen LogP contribution in [0.25, 0.3) is 0 Å². The van der Waals surface area contributed by atoms with Gasteiger partial charge in [-0.05, 0) is 19.5 Å². The minimum absolute atomic E-state index is 0.0369. The van der Waals surface area contributed by atoms with Crippen LogP contribution in [-0.4, -0.2) is 7.05 Å². The second-order valence-electron chi connectivity index (χ2n) is 2.94. The third-order valence-corrected chi connectivity index (χ3v) is 2.13. The first-order valence-electron chi connectivity index (χ1n) is 4.21. The van der Waals surface area contributed by atoms with Gasteiger partial charge in [0, 0.05) is 11.6 Å². The zero-order valence-corrected chi connectivity index (χ0v) is 7.72. The second-order valence-corrected chi connectivity index (χ2v) is 2.94. The first-order chi connectivity index (χ1) is 6.16. The highest BCUT2D eigenvalue weighted by Gasteiger charge is 2.14. The maximum absolute atomic E-state index is 12.5. The van der Waals surface area contributed by atoms with Gasteiger partial charge in [0.1, 0.15) is 0 Å². The maximum atomic E-state index is 12.5. The molecule has 0 radical (unpaired) electrons. The lowest BCUT2D eigenvalue weighted by atomic mass is 10.0. The highest BCUT2D eigenvalue weighted by atomic mass is 19.3. The van der Waals surface area contributed by atoms with Crippen molar-refractivity contribution in [3.63, 3.8) is 0 Å². The van der Waals surface area contributed by atoms with Crippen LogP contribution in [0.1, 0.15) is 30.5 Å². The molecule has 0 saturated carbocycles. The van der Waals surface area contributed by atoms with E-state index in [4.69, 9.17) is 0 Å². The average Bonchev–Trinajstić information content (AvgIpc) is 2.16. The lowest BCUT2D eigenvalue weighted by Gasteiger charge is -2.14. The minimum Gasteiger partial charge on any atom is -0.313 e. The maximum Gasteiger partial charge on any atom is 0.264 e. The van der Waals surface area contributed by atoms with Crippen molar-refractivity contribution in [3.05, 3.63) is 35.4 Å². The van der Waals surface area contributed by atoms with Crippen LogP contribution in [0.15, 0.2) is 24.3 Å². The summed E-state index contributed by atoms with van der Waals surface area (Å²) >= 11 is 0. The van der Waals surface area contributed by atoms with Gasteiger partial charge >= 0.3 is 0 Å². The average molecular weight is 185 g/mol. The van der Waals surface area contributed by atoms with E-state index in [2.05, 4.69) is 5.32 Å². The molecular formula is C10H13F2N. The Morgan fingerprint density at radius 2 is 1.69 bits per heavy atom. The molecule has 1 rings (SSSR count). The summed E-state index contributed by atoms with van der Waals surface area (Å²) in [5.74, 6) is 0. The first-order valence-corrected chi connectivity index (χ1v) is 4.21. The van der Waals surface area contributed by atoms with Crippen molar-refractivity contribution in [2.75, 3.05) is 7.05 Å². The standard InChI is InChI=1S/C10H13F2N/c1-7(13-2)8-5-3-4-6-9(8)10(11)12/h3-7,10,13H,1-2H3/t7-/m1/s1. The summed E-state index contributed by atoms with van der Waals surface area (Å²) in [6, 6.07) is 6.56. The number of nitrogens with one attached hydrogen (secondary N) is 1. The molecule has 0 amide bonds. The Labute approximate surface area is 76.8 Å². The Hall–Kier alpha value is -0.960. The number of halogens is 2. The molecule has 1 aromatic carbocycles. The lowest BCUT2D eigenvalue weighted by molar-refractivity contribution is 0.149. The van der Waals surface area contributed by atoms with E-state index in [0.29, 0.717) is 5.56 Å². The van der Waals surface area contributed by atoms with Gasteiger partial charge in [0.2, 0.25) is 0 Å². The molecule has 0 fully saturated rings. The highest BCUT2D eigenvalue weighted by molar-refractivity contribution is 5.30. The summed E-state index contributed by atoms with van der Waals surface area (Å²) in [5.41, 5.74) is 0.782. The SMILES string of the molecule is CN[C@H](C)c1ccccc1C(F)F. The van der Waals surface area contributed by atoms with Gasteiger partial charge in [0.25, 0.3) is 6.43 Å². The molecule has 0 bridgehead atoms. The Morgan fingerprint density at radius 3 is 2.15 bits per heavy atom. The van der Waals surface area contributed by atoms with Gasteiger partial charge in [-0.1, -0.05) is 24.3 Å². The van der Waals surface area contributed by atoms with Crippen LogP contribution < -0.4 is 5.32 Å². The molecule has 0 aliphatic heterocycles. The van der Waals surface area contributed by atoms with Gasteiger partial charge in [-0.2, -0.15) is 0 Å². The molecule has 0 saturated heterocycles.